The van der Waals surface area contributed by atoms with Gasteiger partial charge in [-0.3, -0.25) is 4.79 Å². The quantitative estimate of drug-likeness (QED) is 0.522. The molecule has 0 saturated carbocycles. The lowest BCUT2D eigenvalue weighted by Crippen LogP contribution is -2.30. The Hall–Kier alpha value is -1.43. The molecule has 4 N–H and O–H groups in total. The highest BCUT2D eigenvalue weighted by molar-refractivity contribution is 5.81. The topological polar surface area (TPSA) is 89.8 Å². The first-order valence-electron chi connectivity index (χ1n) is 4.89. The van der Waals surface area contributed by atoms with Gasteiger partial charge in [-0.15, -0.1) is 0 Å². The maximum Gasteiger partial charge on any atom is 0.154 e. The Morgan fingerprint density at radius 2 is 2.12 bits per heavy atom. The summed E-state index contributed by atoms with van der Waals surface area (Å²) < 4.78 is 0. The molecular formula is C11H15NO4. The van der Waals surface area contributed by atoms with Crippen LogP contribution in [-0.4, -0.2) is 41.3 Å². The number of carbonyl (C=O) groups is 1. The SMILES string of the molecule is CNCC(O)C(O)c1cccc(O)c1C=O. The zero-order valence-electron chi connectivity index (χ0n) is 8.92. The number of aromatic hydroxyl groups is 1. The summed E-state index contributed by atoms with van der Waals surface area (Å²) in [6.45, 7) is 0.190. The van der Waals surface area contributed by atoms with Crippen LogP contribution >= 0.6 is 0 Å². The molecule has 0 aliphatic rings. The van der Waals surface area contributed by atoms with Gasteiger partial charge in [0.15, 0.2) is 6.29 Å². The van der Waals surface area contributed by atoms with Gasteiger partial charge in [0.2, 0.25) is 0 Å². The Morgan fingerprint density at radius 1 is 1.44 bits per heavy atom. The van der Waals surface area contributed by atoms with E-state index >= 15 is 0 Å². The molecule has 2 unspecified atom stereocenters. The molecule has 0 amide bonds. The molecule has 0 saturated heterocycles. The normalized spacial score (nSPS) is 14.4. The zero-order chi connectivity index (χ0) is 12.1. The van der Waals surface area contributed by atoms with Gasteiger partial charge in [0.25, 0.3) is 0 Å². The minimum atomic E-state index is -1.21. The van der Waals surface area contributed by atoms with E-state index in [9.17, 15) is 20.1 Å². The minimum Gasteiger partial charge on any atom is -0.507 e. The monoisotopic (exact) mass is 225 g/mol. The van der Waals surface area contributed by atoms with Gasteiger partial charge in [-0.25, -0.2) is 0 Å². The Labute approximate surface area is 93.4 Å². The molecule has 0 aromatic heterocycles. The number of aliphatic hydroxyl groups excluding tert-OH is 2. The van der Waals surface area contributed by atoms with E-state index in [-0.39, 0.29) is 23.4 Å². The van der Waals surface area contributed by atoms with Crippen LogP contribution < -0.4 is 5.32 Å². The van der Waals surface area contributed by atoms with Gasteiger partial charge < -0.3 is 20.6 Å². The van der Waals surface area contributed by atoms with Crippen molar-refractivity contribution in [3.8, 4) is 5.75 Å². The number of benzene rings is 1. The zero-order valence-corrected chi connectivity index (χ0v) is 8.92. The number of hydrogen-bond acceptors (Lipinski definition) is 5. The summed E-state index contributed by atoms with van der Waals surface area (Å²) in [6.07, 6.45) is -1.79. The summed E-state index contributed by atoms with van der Waals surface area (Å²) in [5.74, 6) is -0.205. The first-order chi connectivity index (χ1) is 7.61. The molecule has 88 valence electrons. The van der Waals surface area contributed by atoms with E-state index in [1.165, 1.54) is 18.2 Å². The Morgan fingerprint density at radius 3 is 2.69 bits per heavy atom. The van der Waals surface area contributed by atoms with Crippen molar-refractivity contribution < 1.29 is 20.1 Å². The number of rotatable bonds is 5. The number of nitrogens with one attached hydrogen (secondary N) is 1. The second kappa shape index (κ2) is 5.60. The molecule has 2 atom stereocenters. The first-order valence-corrected chi connectivity index (χ1v) is 4.89. The van der Waals surface area contributed by atoms with Crippen LogP contribution in [0.1, 0.15) is 22.0 Å². The van der Waals surface area contributed by atoms with Crippen molar-refractivity contribution in [2.75, 3.05) is 13.6 Å². The predicted molar refractivity (Wildman–Crippen MR) is 58.4 cm³/mol. The van der Waals surface area contributed by atoms with E-state index in [1.807, 2.05) is 0 Å². The number of aldehydes is 1. The third kappa shape index (κ3) is 2.57. The fraction of sp³-hybridized carbons (Fsp3) is 0.364. The van der Waals surface area contributed by atoms with Crippen molar-refractivity contribution in [2.24, 2.45) is 0 Å². The van der Waals surface area contributed by atoms with Crippen LogP contribution in [0.2, 0.25) is 0 Å². The van der Waals surface area contributed by atoms with Crippen molar-refractivity contribution in [1.82, 2.24) is 5.32 Å². The summed E-state index contributed by atoms with van der Waals surface area (Å²) >= 11 is 0. The Kier molecular flexibility index (Phi) is 4.42. The molecule has 0 heterocycles. The smallest absolute Gasteiger partial charge is 0.154 e. The molecule has 1 rings (SSSR count). The molecule has 0 radical (unpaired) electrons. The summed E-state index contributed by atoms with van der Waals surface area (Å²) in [6, 6.07) is 4.35. The molecule has 0 aliphatic heterocycles. The second-order valence-electron chi connectivity index (χ2n) is 3.47. The lowest BCUT2D eigenvalue weighted by atomic mass is 9.98. The molecule has 0 spiro atoms. The molecule has 5 heteroatoms. The summed E-state index contributed by atoms with van der Waals surface area (Å²) in [7, 11) is 1.64. The highest BCUT2D eigenvalue weighted by atomic mass is 16.3. The van der Waals surface area contributed by atoms with Crippen LogP contribution in [0.4, 0.5) is 0 Å². The molecular weight excluding hydrogens is 210 g/mol. The third-order valence-electron chi connectivity index (χ3n) is 2.33. The summed E-state index contributed by atoms with van der Waals surface area (Å²) in [5.41, 5.74) is 0.225. The van der Waals surface area contributed by atoms with Gasteiger partial charge >= 0.3 is 0 Å². The number of aliphatic hydroxyl groups is 2. The van der Waals surface area contributed by atoms with Crippen LogP contribution in [-0.2, 0) is 0 Å². The predicted octanol–water partition coefficient (Wildman–Crippen LogP) is -0.182. The number of likely N-dealkylation sites (N-methyl/N-ethyl adjacent to an activating group) is 1. The number of phenolic OH excluding ortho intramolecular Hbond substituents is 1. The highest BCUT2D eigenvalue weighted by Gasteiger charge is 2.21. The second-order valence-corrected chi connectivity index (χ2v) is 3.47. The average molecular weight is 225 g/mol. The minimum absolute atomic E-state index is 0.00477. The van der Waals surface area contributed by atoms with Gasteiger partial charge in [-0.05, 0) is 18.7 Å². The van der Waals surface area contributed by atoms with Crippen LogP contribution in [0.5, 0.6) is 5.75 Å². The van der Waals surface area contributed by atoms with Crippen LogP contribution in [0, 0.1) is 0 Å². The van der Waals surface area contributed by atoms with Gasteiger partial charge in [-0.1, -0.05) is 12.1 Å². The standard InChI is InChI=1S/C11H15NO4/c1-12-5-10(15)11(16)7-3-2-4-9(14)8(7)6-13/h2-4,6,10-12,14-16H,5H2,1H3. The van der Waals surface area contributed by atoms with Crippen molar-refractivity contribution in [3.63, 3.8) is 0 Å². The average Bonchev–Trinajstić information content (AvgIpc) is 2.28. The molecule has 16 heavy (non-hydrogen) atoms. The fourth-order valence-corrected chi connectivity index (χ4v) is 1.48. The molecule has 0 fully saturated rings. The Bertz CT molecular complexity index is 367. The fourth-order valence-electron chi connectivity index (χ4n) is 1.48. The van der Waals surface area contributed by atoms with Crippen molar-refractivity contribution in [1.29, 1.82) is 0 Å². The largest absolute Gasteiger partial charge is 0.507 e. The number of hydrogen-bond donors (Lipinski definition) is 4. The Balaban J connectivity index is 3.03. The van der Waals surface area contributed by atoms with E-state index < -0.39 is 12.2 Å². The lowest BCUT2D eigenvalue weighted by molar-refractivity contribution is 0.0198. The van der Waals surface area contributed by atoms with Gasteiger partial charge in [0.05, 0.1) is 11.7 Å². The van der Waals surface area contributed by atoms with Crippen molar-refractivity contribution in [3.05, 3.63) is 29.3 Å². The highest BCUT2D eigenvalue weighted by Crippen LogP contribution is 2.26. The van der Waals surface area contributed by atoms with Crippen LogP contribution in [0.15, 0.2) is 18.2 Å². The van der Waals surface area contributed by atoms with E-state index in [1.54, 1.807) is 7.05 Å². The third-order valence-corrected chi connectivity index (χ3v) is 2.33. The van der Waals surface area contributed by atoms with Crippen molar-refractivity contribution in [2.45, 2.75) is 12.2 Å². The van der Waals surface area contributed by atoms with E-state index in [2.05, 4.69) is 5.32 Å². The number of carbonyl (C=O) groups excluding carboxylic acids is 1. The van der Waals surface area contributed by atoms with Crippen molar-refractivity contribution >= 4 is 6.29 Å². The molecule has 0 bridgehead atoms. The molecule has 5 nitrogen and oxygen atoms in total. The van der Waals surface area contributed by atoms with E-state index in [4.69, 9.17) is 0 Å². The lowest BCUT2D eigenvalue weighted by Gasteiger charge is -2.19. The van der Waals surface area contributed by atoms with E-state index in [0.717, 1.165) is 0 Å². The van der Waals surface area contributed by atoms with Gasteiger partial charge in [0.1, 0.15) is 11.9 Å². The van der Waals surface area contributed by atoms with Gasteiger partial charge in [0, 0.05) is 6.54 Å². The number of phenols is 1. The maximum atomic E-state index is 10.8. The maximum absolute atomic E-state index is 10.8. The molecule has 1 aromatic carbocycles. The van der Waals surface area contributed by atoms with Crippen LogP contribution in [0.3, 0.4) is 0 Å². The van der Waals surface area contributed by atoms with Gasteiger partial charge in [-0.2, -0.15) is 0 Å². The van der Waals surface area contributed by atoms with E-state index in [0.29, 0.717) is 6.29 Å². The summed E-state index contributed by atoms with van der Waals surface area (Å²) in [4.78, 5) is 10.8. The molecule has 0 aliphatic carbocycles. The first kappa shape index (κ1) is 12.6. The summed E-state index contributed by atoms with van der Waals surface area (Å²) in [5, 5.41) is 31.5. The molecule has 1 aromatic rings. The van der Waals surface area contributed by atoms with Crippen LogP contribution in [0.25, 0.3) is 0 Å².